The lowest BCUT2D eigenvalue weighted by Gasteiger charge is -2.12. The number of aliphatic hydroxyl groups excluding tert-OH is 1. The molecule has 1 unspecified atom stereocenters. The van der Waals surface area contributed by atoms with E-state index in [4.69, 9.17) is 4.74 Å². The van der Waals surface area contributed by atoms with Crippen LogP contribution in [0.1, 0.15) is 23.6 Å². The van der Waals surface area contributed by atoms with Gasteiger partial charge in [0.05, 0.1) is 12.8 Å². The van der Waals surface area contributed by atoms with Crippen LogP contribution in [0.5, 0.6) is 5.75 Å². The smallest absolute Gasteiger partial charge is 0.235 e. The van der Waals surface area contributed by atoms with Gasteiger partial charge in [-0.3, -0.25) is 5.10 Å². The zero-order valence-electron chi connectivity index (χ0n) is 10.1. The molecule has 0 saturated carbocycles. The van der Waals surface area contributed by atoms with Crippen LogP contribution in [0, 0.1) is 0 Å². The fourth-order valence-electron chi connectivity index (χ4n) is 1.77. The van der Waals surface area contributed by atoms with Crippen molar-refractivity contribution in [3.63, 3.8) is 0 Å². The highest BCUT2D eigenvalue weighted by Gasteiger charge is 2.08. The number of alkyl halides is 1. The number of H-pyrrole nitrogens is 1. The maximum absolute atomic E-state index is 12.8. The summed E-state index contributed by atoms with van der Waals surface area (Å²) in [6.45, 7) is 1.13. The monoisotopic (exact) mass is 250 g/mol. The second kappa shape index (κ2) is 5.64. The minimum Gasteiger partial charge on any atom is -0.460 e. The molecule has 4 nitrogen and oxygen atoms in total. The molecule has 2 rings (SSSR count). The number of aromatic nitrogens is 2. The Kier molecular flexibility index (Phi) is 3.94. The van der Waals surface area contributed by atoms with E-state index < -0.39 is 6.36 Å². The van der Waals surface area contributed by atoms with Gasteiger partial charge in [0, 0.05) is 25.1 Å². The first-order chi connectivity index (χ1) is 8.69. The number of nitrogens with zero attached hydrogens (tertiary/aromatic N) is 1. The molecule has 0 amide bonds. The van der Waals surface area contributed by atoms with Crippen molar-refractivity contribution in [2.75, 3.05) is 0 Å². The SMILES string of the molecule is CC(F)Oc1ccc(Cc2cn[nH]c2)cc1CO. The first kappa shape index (κ1) is 12.6. The number of nitrogens with one attached hydrogen (secondary N) is 1. The molecule has 1 atom stereocenters. The van der Waals surface area contributed by atoms with Gasteiger partial charge in [0.25, 0.3) is 0 Å². The predicted octanol–water partition coefficient (Wildman–Crippen LogP) is 2.19. The molecule has 0 bridgehead atoms. The number of aliphatic hydroxyl groups is 1. The van der Waals surface area contributed by atoms with E-state index in [1.54, 1.807) is 12.3 Å². The Labute approximate surface area is 104 Å². The maximum atomic E-state index is 12.8. The minimum atomic E-state index is -1.39. The number of halogens is 1. The molecular formula is C13H15FN2O2. The predicted molar refractivity (Wildman–Crippen MR) is 65.0 cm³/mol. The van der Waals surface area contributed by atoms with Gasteiger partial charge in [0.15, 0.2) is 0 Å². The molecule has 0 spiro atoms. The van der Waals surface area contributed by atoms with Crippen LogP contribution in [0.2, 0.25) is 0 Å². The average molecular weight is 250 g/mol. The van der Waals surface area contributed by atoms with Crippen LogP contribution in [0.4, 0.5) is 4.39 Å². The van der Waals surface area contributed by atoms with Gasteiger partial charge in [-0.1, -0.05) is 6.07 Å². The number of rotatable bonds is 5. The summed E-state index contributed by atoms with van der Waals surface area (Å²) in [6, 6.07) is 5.34. The number of aromatic amines is 1. The Bertz CT molecular complexity index is 498. The van der Waals surface area contributed by atoms with Crippen LogP contribution >= 0.6 is 0 Å². The van der Waals surface area contributed by atoms with Gasteiger partial charge >= 0.3 is 0 Å². The largest absolute Gasteiger partial charge is 0.460 e. The fraction of sp³-hybridized carbons (Fsp3) is 0.308. The molecule has 0 radical (unpaired) electrons. The minimum absolute atomic E-state index is 0.179. The van der Waals surface area contributed by atoms with Crippen LogP contribution in [-0.4, -0.2) is 21.7 Å². The lowest BCUT2D eigenvalue weighted by Crippen LogP contribution is -2.06. The van der Waals surface area contributed by atoms with Gasteiger partial charge in [0.1, 0.15) is 5.75 Å². The van der Waals surface area contributed by atoms with Crippen molar-refractivity contribution in [3.8, 4) is 5.75 Å². The van der Waals surface area contributed by atoms with Crippen LogP contribution in [-0.2, 0) is 13.0 Å². The highest BCUT2D eigenvalue weighted by molar-refractivity contribution is 5.38. The van der Waals surface area contributed by atoms with Crippen molar-refractivity contribution in [3.05, 3.63) is 47.3 Å². The number of benzene rings is 1. The first-order valence-electron chi connectivity index (χ1n) is 5.70. The number of hydrogen-bond donors (Lipinski definition) is 2. The lowest BCUT2D eigenvalue weighted by atomic mass is 10.0. The third-order valence-corrected chi connectivity index (χ3v) is 2.55. The van der Waals surface area contributed by atoms with Crippen molar-refractivity contribution >= 4 is 0 Å². The van der Waals surface area contributed by atoms with Gasteiger partial charge < -0.3 is 9.84 Å². The Morgan fingerprint density at radius 2 is 2.28 bits per heavy atom. The van der Waals surface area contributed by atoms with E-state index in [1.807, 2.05) is 18.3 Å². The summed E-state index contributed by atoms with van der Waals surface area (Å²) in [7, 11) is 0. The van der Waals surface area contributed by atoms with Gasteiger partial charge in [-0.2, -0.15) is 5.10 Å². The molecule has 2 aromatic rings. The van der Waals surface area contributed by atoms with E-state index in [1.165, 1.54) is 6.92 Å². The van der Waals surface area contributed by atoms with Crippen molar-refractivity contribution in [1.82, 2.24) is 10.2 Å². The first-order valence-corrected chi connectivity index (χ1v) is 5.70. The fourth-order valence-corrected chi connectivity index (χ4v) is 1.77. The van der Waals surface area contributed by atoms with Crippen LogP contribution < -0.4 is 4.74 Å². The third-order valence-electron chi connectivity index (χ3n) is 2.55. The molecule has 96 valence electrons. The van der Waals surface area contributed by atoms with Crippen molar-refractivity contribution in [1.29, 1.82) is 0 Å². The Hall–Kier alpha value is -1.88. The van der Waals surface area contributed by atoms with Crippen molar-refractivity contribution in [2.24, 2.45) is 0 Å². The van der Waals surface area contributed by atoms with Crippen LogP contribution in [0.25, 0.3) is 0 Å². The second-order valence-electron chi connectivity index (χ2n) is 4.04. The average Bonchev–Trinajstić information content (AvgIpc) is 2.83. The molecule has 5 heteroatoms. The summed E-state index contributed by atoms with van der Waals surface area (Å²) in [5, 5.41) is 15.9. The highest BCUT2D eigenvalue weighted by Crippen LogP contribution is 2.23. The molecule has 2 N–H and O–H groups in total. The van der Waals surface area contributed by atoms with Gasteiger partial charge in [-0.25, -0.2) is 4.39 Å². The Morgan fingerprint density at radius 3 is 2.89 bits per heavy atom. The molecule has 0 aliphatic heterocycles. The summed E-state index contributed by atoms with van der Waals surface area (Å²) in [5.74, 6) is 0.378. The molecule has 0 saturated heterocycles. The molecule has 1 aromatic carbocycles. The quantitative estimate of drug-likeness (QED) is 0.855. The Morgan fingerprint density at radius 1 is 1.44 bits per heavy atom. The van der Waals surface area contributed by atoms with E-state index in [2.05, 4.69) is 10.2 Å². The topological polar surface area (TPSA) is 58.1 Å². The van der Waals surface area contributed by atoms with Gasteiger partial charge in [0.2, 0.25) is 6.36 Å². The summed E-state index contributed by atoms with van der Waals surface area (Å²) < 4.78 is 17.8. The molecule has 1 heterocycles. The van der Waals surface area contributed by atoms with E-state index in [0.29, 0.717) is 17.7 Å². The molecule has 0 aliphatic carbocycles. The maximum Gasteiger partial charge on any atom is 0.235 e. The van der Waals surface area contributed by atoms with Gasteiger partial charge in [-0.15, -0.1) is 0 Å². The van der Waals surface area contributed by atoms with Gasteiger partial charge in [-0.05, 0) is 23.3 Å². The highest BCUT2D eigenvalue weighted by atomic mass is 19.1. The Balaban J connectivity index is 2.18. The van der Waals surface area contributed by atoms with E-state index >= 15 is 0 Å². The van der Waals surface area contributed by atoms with Crippen LogP contribution in [0.3, 0.4) is 0 Å². The van der Waals surface area contributed by atoms with E-state index in [-0.39, 0.29) is 6.61 Å². The summed E-state index contributed by atoms with van der Waals surface area (Å²) >= 11 is 0. The number of hydrogen-bond acceptors (Lipinski definition) is 3. The summed E-state index contributed by atoms with van der Waals surface area (Å²) in [5.41, 5.74) is 2.64. The normalized spacial score (nSPS) is 12.4. The standard InChI is InChI=1S/C13H15FN2O2/c1-9(14)18-13-3-2-10(5-12(13)8-17)4-11-6-15-16-7-11/h2-3,5-7,9,17H,4,8H2,1H3,(H,15,16). The number of ether oxygens (including phenoxy) is 1. The van der Waals surface area contributed by atoms with E-state index in [9.17, 15) is 9.50 Å². The van der Waals surface area contributed by atoms with Crippen molar-refractivity contribution < 1.29 is 14.2 Å². The molecular weight excluding hydrogens is 235 g/mol. The second-order valence-corrected chi connectivity index (χ2v) is 4.04. The summed E-state index contributed by atoms with van der Waals surface area (Å²) in [6.07, 6.45) is 2.86. The molecule has 0 fully saturated rings. The zero-order chi connectivity index (χ0) is 13.0. The molecule has 0 aliphatic rings. The van der Waals surface area contributed by atoms with Crippen LogP contribution in [0.15, 0.2) is 30.6 Å². The molecule has 18 heavy (non-hydrogen) atoms. The molecule has 1 aromatic heterocycles. The summed E-state index contributed by atoms with van der Waals surface area (Å²) in [4.78, 5) is 0. The van der Waals surface area contributed by atoms with Crippen molar-refractivity contribution in [2.45, 2.75) is 26.3 Å². The zero-order valence-corrected chi connectivity index (χ0v) is 10.1. The van der Waals surface area contributed by atoms with E-state index in [0.717, 1.165) is 11.1 Å². The lowest BCUT2D eigenvalue weighted by molar-refractivity contribution is 0.0832. The third kappa shape index (κ3) is 3.07.